The highest BCUT2D eigenvalue weighted by Crippen LogP contribution is 2.20. The highest BCUT2D eigenvalue weighted by Gasteiger charge is 2.23. The molecule has 8 heteroatoms. The van der Waals surface area contributed by atoms with Gasteiger partial charge in [0.25, 0.3) is 0 Å². The summed E-state index contributed by atoms with van der Waals surface area (Å²) in [4.78, 5) is 30.2. The Labute approximate surface area is 171 Å². The van der Waals surface area contributed by atoms with Gasteiger partial charge in [-0.15, -0.1) is 0 Å². The summed E-state index contributed by atoms with van der Waals surface area (Å²) in [5.74, 6) is -0.480. The van der Waals surface area contributed by atoms with Crippen molar-refractivity contribution in [3.8, 4) is 0 Å². The first-order valence-corrected chi connectivity index (χ1v) is 9.85. The van der Waals surface area contributed by atoms with E-state index in [0.29, 0.717) is 30.2 Å². The first kappa shape index (κ1) is 22.6. The minimum Gasteiger partial charge on any atom is -0.350 e. The molecule has 2 rings (SSSR count). The highest BCUT2D eigenvalue weighted by atomic mass is 35.5. The molecule has 1 saturated heterocycles. The van der Waals surface area contributed by atoms with Crippen molar-refractivity contribution in [2.75, 3.05) is 46.3 Å². The van der Waals surface area contributed by atoms with Gasteiger partial charge < -0.3 is 10.2 Å². The van der Waals surface area contributed by atoms with Crippen LogP contribution in [0.25, 0.3) is 0 Å². The van der Waals surface area contributed by atoms with Crippen LogP contribution >= 0.6 is 11.6 Å². The van der Waals surface area contributed by atoms with Crippen molar-refractivity contribution in [1.82, 2.24) is 20.0 Å². The normalized spacial score (nSPS) is 16.1. The summed E-state index contributed by atoms with van der Waals surface area (Å²) in [6.07, 6.45) is 0. The van der Waals surface area contributed by atoms with E-state index in [4.69, 9.17) is 11.6 Å². The van der Waals surface area contributed by atoms with Gasteiger partial charge in [-0.1, -0.05) is 17.7 Å². The molecule has 2 amide bonds. The molecular formula is C20H30ClFN4O2. The number of amides is 2. The molecule has 156 valence electrons. The Bertz CT molecular complexity index is 680. The number of likely N-dealkylation sites (N-methyl/N-ethyl adjacent to an activating group) is 1. The van der Waals surface area contributed by atoms with Crippen molar-refractivity contribution in [2.45, 2.75) is 32.9 Å². The third kappa shape index (κ3) is 7.04. The van der Waals surface area contributed by atoms with Gasteiger partial charge in [-0.25, -0.2) is 4.39 Å². The van der Waals surface area contributed by atoms with E-state index in [2.05, 4.69) is 15.1 Å². The Hall–Kier alpha value is -1.70. The molecule has 1 aliphatic rings. The van der Waals surface area contributed by atoms with Crippen molar-refractivity contribution < 1.29 is 14.0 Å². The lowest BCUT2D eigenvalue weighted by Gasteiger charge is -2.35. The number of rotatable bonds is 6. The summed E-state index contributed by atoms with van der Waals surface area (Å²) in [7, 11) is 1.65. The van der Waals surface area contributed by atoms with E-state index >= 15 is 0 Å². The first-order chi connectivity index (χ1) is 13.0. The topological polar surface area (TPSA) is 55.9 Å². The number of halogens is 2. The molecule has 0 aliphatic carbocycles. The van der Waals surface area contributed by atoms with Crippen LogP contribution in [-0.2, 0) is 16.1 Å². The fraction of sp³-hybridized carbons (Fsp3) is 0.600. The zero-order valence-electron chi connectivity index (χ0n) is 17.1. The highest BCUT2D eigenvalue weighted by molar-refractivity contribution is 6.31. The van der Waals surface area contributed by atoms with E-state index in [9.17, 15) is 14.0 Å². The lowest BCUT2D eigenvalue weighted by atomic mass is 10.1. The van der Waals surface area contributed by atoms with E-state index in [1.54, 1.807) is 19.2 Å². The van der Waals surface area contributed by atoms with Crippen LogP contribution in [0.3, 0.4) is 0 Å². The molecule has 0 unspecified atom stereocenters. The summed E-state index contributed by atoms with van der Waals surface area (Å²) >= 11 is 6.04. The van der Waals surface area contributed by atoms with Gasteiger partial charge >= 0.3 is 0 Å². The second-order valence-electron chi connectivity index (χ2n) is 8.30. The van der Waals surface area contributed by atoms with Gasteiger partial charge in [0.1, 0.15) is 5.82 Å². The van der Waals surface area contributed by atoms with Gasteiger partial charge in [-0.2, -0.15) is 0 Å². The average molecular weight is 413 g/mol. The maximum atomic E-state index is 13.9. The number of carbonyl (C=O) groups is 2. The lowest BCUT2D eigenvalue weighted by molar-refractivity contribution is -0.132. The van der Waals surface area contributed by atoms with Crippen LogP contribution in [0, 0.1) is 5.82 Å². The number of nitrogens with zero attached hydrogens (tertiary/aromatic N) is 3. The summed E-state index contributed by atoms with van der Waals surface area (Å²) < 4.78 is 13.9. The minimum atomic E-state index is -0.408. The quantitative estimate of drug-likeness (QED) is 0.776. The number of carbonyl (C=O) groups excluding carboxylic acids is 2. The van der Waals surface area contributed by atoms with Crippen LogP contribution in [-0.4, -0.2) is 78.4 Å². The maximum absolute atomic E-state index is 13.9. The fourth-order valence-corrected chi connectivity index (χ4v) is 3.31. The van der Waals surface area contributed by atoms with E-state index in [-0.39, 0.29) is 30.4 Å². The molecule has 0 aromatic heterocycles. The summed E-state index contributed by atoms with van der Waals surface area (Å²) in [5.41, 5.74) is 0.0894. The fourth-order valence-electron chi connectivity index (χ4n) is 3.09. The molecule has 6 nitrogen and oxygen atoms in total. The number of hydrogen-bond donors (Lipinski definition) is 1. The minimum absolute atomic E-state index is 0.0125. The summed E-state index contributed by atoms with van der Waals surface area (Å²) in [6, 6.07) is 4.51. The van der Waals surface area contributed by atoms with Crippen LogP contribution in [0.2, 0.25) is 5.02 Å². The van der Waals surface area contributed by atoms with Crippen LogP contribution < -0.4 is 5.32 Å². The average Bonchev–Trinajstić information content (AvgIpc) is 2.58. The number of hydrogen-bond acceptors (Lipinski definition) is 4. The molecule has 0 radical (unpaired) electrons. The Morgan fingerprint density at radius 2 is 1.71 bits per heavy atom. The van der Waals surface area contributed by atoms with Crippen molar-refractivity contribution in [1.29, 1.82) is 0 Å². The Kier molecular flexibility index (Phi) is 7.80. The first-order valence-electron chi connectivity index (χ1n) is 9.48. The molecule has 0 atom stereocenters. The second kappa shape index (κ2) is 9.67. The molecular weight excluding hydrogens is 383 g/mol. The lowest BCUT2D eigenvalue weighted by Crippen LogP contribution is -2.53. The van der Waals surface area contributed by atoms with Gasteiger partial charge in [0.05, 0.1) is 13.1 Å². The van der Waals surface area contributed by atoms with Crippen LogP contribution in [0.15, 0.2) is 18.2 Å². The summed E-state index contributed by atoms with van der Waals surface area (Å²) in [6.45, 7) is 9.53. The molecule has 1 heterocycles. The largest absolute Gasteiger partial charge is 0.350 e. The Morgan fingerprint density at radius 3 is 2.25 bits per heavy atom. The third-order valence-electron chi connectivity index (χ3n) is 4.59. The van der Waals surface area contributed by atoms with Crippen LogP contribution in [0.4, 0.5) is 4.39 Å². The molecule has 1 fully saturated rings. The molecule has 0 spiro atoms. The van der Waals surface area contributed by atoms with Crippen LogP contribution in [0.1, 0.15) is 26.3 Å². The Balaban J connectivity index is 1.77. The van der Waals surface area contributed by atoms with E-state index in [1.165, 1.54) is 11.0 Å². The van der Waals surface area contributed by atoms with Gasteiger partial charge in [-0.05, 0) is 32.9 Å². The molecule has 0 bridgehead atoms. The molecule has 1 N–H and O–H groups in total. The van der Waals surface area contributed by atoms with Crippen molar-refractivity contribution in [3.63, 3.8) is 0 Å². The van der Waals surface area contributed by atoms with E-state index < -0.39 is 5.82 Å². The molecule has 28 heavy (non-hydrogen) atoms. The zero-order chi connectivity index (χ0) is 20.9. The van der Waals surface area contributed by atoms with Gasteiger partial charge in [0.15, 0.2) is 0 Å². The van der Waals surface area contributed by atoms with E-state index in [0.717, 1.165) is 13.1 Å². The Morgan fingerprint density at radius 1 is 1.14 bits per heavy atom. The van der Waals surface area contributed by atoms with Gasteiger partial charge in [-0.3, -0.25) is 19.4 Å². The SMILES string of the molecule is CN(Cc1c(F)cccc1Cl)C(=O)CN1CCN(CC(=O)NC(C)(C)C)CC1. The van der Waals surface area contributed by atoms with E-state index in [1.807, 2.05) is 20.8 Å². The van der Waals surface area contributed by atoms with Crippen molar-refractivity contribution in [2.24, 2.45) is 0 Å². The monoisotopic (exact) mass is 412 g/mol. The van der Waals surface area contributed by atoms with Crippen LogP contribution in [0.5, 0.6) is 0 Å². The predicted octanol–water partition coefficient (Wildman–Crippen LogP) is 1.97. The number of piperazine rings is 1. The van der Waals surface area contributed by atoms with Gasteiger partial charge in [0, 0.05) is 55.9 Å². The molecule has 0 saturated carbocycles. The smallest absolute Gasteiger partial charge is 0.236 e. The maximum Gasteiger partial charge on any atom is 0.236 e. The number of nitrogens with one attached hydrogen (secondary N) is 1. The third-order valence-corrected chi connectivity index (χ3v) is 4.94. The number of benzene rings is 1. The zero-order valence-corrected chi connectivity index (χ0v) is 17.9. The molecule has 1 aromatic carbocycles. The second-order valence-corrected chi connectivity index (χ2v) is 8.71. The molecule has 1 aromatic rings. The van der Waals surface area contributed by atoms with Crippen molar-refractivity contribution >= 4 is 23.4 Å². The summed E-state index contributed by atoms with van der Waals surface area (Å²) in [5, 5.41) is 3.28. The molecule has 1 aliphatic heterocycles. The van der Waals surface area contributed by atoms with Crippen molar-refractivity contribution in [3.05, 3.63) is 34.6 Å². The standard InChI is InChI=1S/C20H30ClFN4O2/c1-20(2,3)23-18(27)13-25-8-10-26(11-9-25)14-19(28)24(4)12-15-16(21)6-5-7-17(15)22/h5-7H,8-14H2,1-4H3,(H,23,27). The predicted molar refractivity (Wildman–Crippen MR) is 109 cm³/mol. The van der Waals surface area contributed by atoms with Gasteiger partial charge in [0.2, 0.25) is 11.8 Å².